The van der Waals surface area contributed by atoms with Gasteiger partial charge in [0.1, 0.15) is 12.4 Å². The van der Waals surface area contributed by atoms with Crippen LogP contribution in [0.15, 0.2) is 18.3 Å². The standard InChI is InChI=1S/C19H23N5OS/c1-11-9-24(22-19(11)15-7-12(2)26-13(15)3)10-18(25)20-17-8-16(14-5-6-14)21-23(17)4/h7-9,14H,5-6,10H2,1-4H3,(H,20,25). The van der Waals surface area contributed by atoms with Crippen molar-refractivity contribution >= 4 is 23.1 Å². The van der Waals surface area contributed by atoms with Gasteiger partial charge in [0.2, 0.25) is 5.91 Å². The molecule has 1 amide bonds. The predicted molar refractivity (Wildman–Crippen MR) is 104 cm³/mol. The molecule has 6 nitrogen and oxygen atoms in total. The molecule has 0 saturated heterocycles. The maximum absolute atomic E-state index is 12.4. The molecule has 0 unspecified atom stereocenters. The van der Waals surface area contributed by atoms with Crippen molar-refractivity contribution in [3.63, 3.8) is 0 Å². The van der Waals surface area contributed by atoms with Gasteiger partial charge in [0.15, 0.2) is 0 Å². The van der Waals surface area contributed by atoms with E-state index in [2.05, 4.69) is 35.4 Å². The van der Waals surface area contributed by atoms with Crippen molar-refractivity contribution in [2.24, 2.45) is 7.05 Å². The fourth-order valence-electron chi connectivity index (χ4n) is 3.25. The molecule has 0 aromatic carbocycles. The van der Waals surface area contributed by atoms with Crippen LogP contribution in [0.4, 0.5) is 5.82 Å². The van der Waals surface area contributed by atoms with Crippen LogP contribution in [0.5, 0.6) is 0 Å². The molecule has 0 radical (unpaired) electrons. The lowest BCUT2D eigenvalue weighted by atomic mass is 10.1. The Bertz CT molecular complexity index is 976. The molecule has 0 aliphatic heterocycles. The van der Waals surface area contributed by atoms with Gasteiger partial charge < -0.3 is 5.32 Å². The molecule has 3 heterocycles. The highest BCUT2D eigenvalue weighted by molar-refractivity contribution is 7.12. The molecule has 7 heteroatoms. The number of rotatable bonds is 5. The zero-order chi connectivity index (χ0) is 18.4. The van der Waals surface area contributed by atoms with Crippen molar-refractivity contribution in [2.75, 3.05) is 5.32 Å². The number of carbonyl (C=O) groups excluding carboxylic acids is 1. The Hall–Kier alpha value is -2.41. The van der Waals surface area contributed by atoms with E-state index in [1.54, 1.807) is 20.7 Å². The summed E-state index contributed by atoms with van der Waals surface area (Å²) in [4.78, 5) is 15.0. The van der Waals surface area contributed by atoms with Crippen molar-refractivity contribution in [3.05, 3.63) is 39.3 Å². The number of hydrogen-bond donors (Lipinski definition) is 1. The summed E-state index contributed by atoms with van der Waals surface area (Å²) >= 11 is 1.77. The van der Waals surface area contributed by atoms with E-state index in [4.69, 9.17) is 0 Å². The summed E-state index contributed by atoms with van der Waals surface area (Å²) in [7, 11) is 1.86. The molecular weight excluding hydrogens is 346 g/mol. The quantitative estimate of drug-likeness (QED) is 0.744. The predicted octanol–water partition coefficient (Wildman–Crippen LogP) is 3.79. The average Bonchev–Trinajstić information content (AvgIpc) is 3.16. The minimum absolute atomic E-state index is 0.0948. The minimum atomic E-state index is -0.0948. The highest BCUT2D eigenvalue weighted by Crippen LogP contribution is 2.39. The van der Waals surface area contributed by atoms with Crippen LogP contribution >= 0.6 is 11.3 Å². The largest absolute Gasteiger partial charge is 0.309 e. The molecule has 4 rings (SSSR count). The van der Waals surface area contributed by atoms with Gasteiger partial charge in [-0.1, -0.05) is 0 Å². The first-order valence-corrected chi connectivity index (χ1v) is 9.67. The molecular formula is C19H23N5OS. The summed E-state index contributed by atoms with van der Waals surface area (Å²) in [5.74, 6) is 1.22. The lowest BCUT2D eigenvalue weighted by Gasteiger charge is -2.05. The van der Waals surface area contributed by atoms with E-state index < -0.39 is 0 Å². The van der Waals surface area contributed by atoms with Crippen molar-refractivity contribution in [1.82, 2.24) is 19.6 Å². The summed E-state index contributed by atoms with van der Waals surface area (Å²) in [6, 6.07) is 4.14. The Morgan fingerprint density at radius 1 is 1.27 bits per heavy atom. The van der Waals surface area contributed by atoms with Gasteiger partial charge in [-0.05, 0) is 45.2 Å². The zero-order valence-electron chi connectivity index (χ0n) is 15.5. The highest BCUT2D eigenvalue weighted by Gasteiger charge is 2.27. The summed E-state index contributed by atoms with van der Waals surface area (Å²) in [5, 5.41) is 12.1. The normalized spacial score (nSPS) is 14.0. The number of nitrogens with zero attached hydrogens (tertiary/aromatic N) is 4. The first-order valence-electron chi connectivity index (χ1n) is 8.86. The smallest absolute Gasteiger partial charge is 0.247 e. The van der Waals surface area contributed by atoms with Gasteiger partial charge in [0.05, 0.1) is 11.4 Å². The Kier molecular flexibility index (Phi) is 4.19. The molecule has 1 aliphatic rings. The number of carbonyl (C=O) groups is 1. The number of aromatic nitrogens is 4. The SMILES string of the molecule is Cc1cc(-c2nn(CC(=O)Nc3cc(C4CC4)nn3C)cc2C)c(C)s1. The Morgan fingerprint density at radius 3 is 2.69 bits per heavy atom. The van der Waals surface area contributed by atoms with Crippen molar-refractivity contribution < 1.29 is 4.79 Å². The third-order valence-corrected chi connectivity index (χ3v) is 5.67. The van der Waals surface area contributed by atoms with Gasteiger partial charge in [0.25, 0.3) is 0 Å². The van der Waals surface area contributed by atoms with Gasteiger partial charge >= 0.3 is 0 Å². The van der Waals surface area contributed by atoms with Crippen LogP contribution in [0.3, 0.4) is 0 Å². The van der Waals surface area contributed by atoms with Crippen LogP contribution < -0.4 is 5.32 Å². The van der Waals surface area contributed by atoms with Crippen LogP contribution in [0.1, 0.15) is 39.8 Å². The molecule has 0 bridgehead atoms. The molecule has 3 aromatic rings. The van der Waals surface area contributed by atoms with Crippen molar-refractivity contribution in [3.8, 4) is 11.3 Å². The fourth-order valence-corrected chi connectivity index (χ4v) is 4.17. The summed E-state index contributed by atoms with van der Waals surface area (Å²) in [6.07, 6.45) is 4.32. The van der Waals surface area contributed by atoms with Crippen LogP contribution in [-0.4, -0.2) is 25.5 Å². The van der Waals surface area contributed by atoms with E-state index >= 15 is 0 Å². The van der Waals surface area contributed by atoms with E-state index in [0.29, 0.717) is 5.92 Å². The van der Waals surface area contributed by atoms with Gasteiger partial charge in [0, 0.05) is 40.5 Å². The topological polar surface area (TPSA) is 64.7 Å². The number of thiophene rings is 1. The molecule has 1 fully saturated rings. The second kappa shape index (κ2) is 6.39. The molecule has 0 spiro atoms. The molecule has 1 saturated carbocycles. The second-order valence-corrected chi connectivity index (χ2v) is 8.55. The van der Waals surface area contributed by atoms with Gasteiger partial charge in [-0.15, -0.1) is 11.3 Å². The lowest BCUT2D eigenvalue weighted by Crippen LogP contribution is -2.20. The van der Waals surface area contributed by atoms with Crippen molar-refractivity contribution in [1.29, 1.82) is 0 Å². The summed E-state index contributed by atoms with van der Waals surface area (Å²) in [6.45, 7) is 6.43. The molecule has 136 valence electrons. The molecule has 1 aliphatic carbocycles. The Balaban J connectivity index is 1.48. The number of hydrogen-bond acceptors (Lipinski definition) is 4. The number of amides is 1. The Morgan fingerprint density at radius 2 is 2.04 bits per heavy atom. The fraction of sp³-hybridized carbons (Fsp3) is 0.421. The van der Waals surface area contributed by atoms with Crippen LogP contribution in [0.2, 0.25) is 0 Å². The molecule has 1 N–H and O–H groups in total. The first kappa shape index (κ1) is 17.0. The zero-order valence-corrected chi connectivity index (χ0v) is 16.4. The van der Waals surface area contributed by atoms with Crippen LogP contribution in [0, 0.1) is 20.8 Å². The minimum Gasteiger partial charge on any atom is -0.309 e. The lowest BCUT2D eigenvalue weighted by molar-refractivity contribution is -0.116. The van der Waals surface area contributed by atoms with E-state index in [-0.39, 0.29) is 12.5 Å². The average molecular weight is 369 g/mol. The van der Waals surface area contributed by atoms with Gasteiger partial charge in [-0.2, -0.15) is 10.2 Å². The first-order chi connectivity index (χ1) is 12.4. The highest BCUT2D eigenvalue weighted by atomic mass is 32.1. The van der Waals surface area contributed by atoms with E-state index in [1.807, 2.05) is 26.2 Å². The number of anilines is 1. The molecule has 0 atom stereocenters. The van der Waals surface area contributed by atoms with Crippen LogP contribution in [-0.2, 0) is 18.4 Å². The van der Waals surface area contributed by atoms with Gasteiger partial charge in [-0.25, -0.2) is 0 Å². The third kappa shape index (κ3) is 3.31. The van der Waals surface area contributed by atoms with Gasteiger partial charge in [-0.3, -0.25) is 14.2 Å². The maximum atomic E-state index is 12.4. The van der Waals surface area contributed by atoms with E-state index in [1.165, 1.54) is 22.6 Å². The monoisotopic (exact) mass is 369 g/mol. The number of aryl methyl sites for hydroxylation is 4. The summed E-state index contributed by atoms with van der Waals surface area (Å²) < 4.78 is 3.45. The number of nitrogens with one attached hydrogen (secondary N) is 1. The molecule has 3 aromatic heterocycles. The summed E-state index contributed by atoms with van der Waals surface area (Å²) in [5.41, 5.74) is 4.26. The Labute approximate surface area is 156 Å². The van der Waals surface area contributed by atoms with Crippen LogP contribution in [0.25, 0.3) is 11.3 Å². The second-order valence-electron chi connectivity index (χ2n) is 7.09. The van der Waals surface area contributed by atoms with Crippen molar-refractivity contribution in [2.45, 2.75) is 46.1 Å². The van der Waals surface area contributed by atoms with E-state index in [0.717, 1.165) is 28.3 Å². The van der Waals surface area contributed by atoms with E-state index in [9.17, 15) is 4.79 Å². The molecule has 26 heavy (non-hydrogen) atoms. The third-order valence-electron chi connectivity index (χ3n) is 4.71. The maximum Gasteiger partial charge on any atom is 0.247 e.